The number of carbonyl (C=O) groups is 1. The van der Waals surface area contributed by atoms with Crippen molar-refractivity contribution in [1.82, 2.24) is 0 Å². The van der Waals surface area contributed by atoms with E-state index in [1.165, 1.54) is 64.2 Å². The highest BCUT2D eigenvalue weighted by Gasteiger charge is 2.37. The number of phosphoric acid groups is 1. The molecule has 0 amide bonds. The summed E-state index contributed by atoms with van der Waals surface area (Å²) in [6.07, 6.45) is 15.5. The van der Waals surface area contributed by atoms with E-state index in [1.54, 1.807) is 41.5 Å². The van der Waals surface area contributed by atoms with E-state index < -0.39 is 25.1 Å². The minimum Gasteiger partial charge on any atom is -0.463 e. The molecule has 8 heteroatoms. The number of unbranched alkanes of at least 4 members (excludes halogenated alkanes) is 12. The average molecular weight is 523 g/mol. The van der Waals surface area contributed by atoms with Crippen LogP contribution in [0.1, 0.15) is 138 Å². The maximum absolute atomic E-state index is 13.0. The normalized spacial score (nSPS) is 13.7. The Bertz CT molecular complexity index is 561. The lowest BCUT2D eigenvalue weighted by molar-refractivity contribution is -0.147. The Balaban J connectivity index is 3.90. The fourth-order valence-electron chi connectivity index (χ4n) is 3.52. The summed E-state index contributed by atoms with van der Waals surface area (Å²) in [5.74, 6) is -0.341. The van der Waals surface area contributed by atoms with Gasteiger partial charge in [0.1, 0.15) is 12.7 Å². The van der Waals surface area contributed by atoms with Crippen LogP contribution in [-0.4, -0.2) is 41.6 Å². The molecule has 0 aromatic rings. The van der Waals surface area contributed by atoms with Gasteiger partial charge in [0.25, 0.3) is 0 Å². The van der Waals surface area contributed by atoms with Crippen LogP contribution in [0.15, 0.2) is 0 Å². The molecule has 0 radical (unpaired) electrons. The van der Waals surface area contributed by atoms with E-state index in [0.717, 1.165) is 19.3 Å². The van der Waals surface area contributed by atoms with E-state index in [0.29, 0.717) is 6.42 Å². The molecular formula is C27H55O7P. The van der Waals surface area contributed by atoms with Crippen molar-refractivity contribution in [2.45, 2.75) is 156 Å². The molecule has 7 nitrogen and oxygen atoms in total. The first-order valence-electron chi connectivity index (χ1n) is 13.8. The first-order chi connectivity index (χ1) is 16.3. The highest BCUT2D eigenvalue weighted by atomic mass is 31.2. The Morgan fingerprint density at radius 3 is 1.51 bits per heavy atom. The minimum absolute atomic E-state index is 0.220. The van der Waals surface area contributed by atoms with Crippen LogP contribution in [-0.2, 0) is 27.7 Å². The molecule has 0 unspecified atom stereocenters. The van der Waals surface area contributed by atoms with Gasteiger partial charge in [-0.2, -0.15) is 0 Å². The Morgan fingerprint density at radius 2 is 1.11 bits per heavy atom. The van der Waals surface area contributed by atoms with Gasteiger partial charge in [-0.05, 0) is 48.0 Å². The van der Waals surface area contributed by atoms with Crippen LogP contribution in [0.2, 0.25) is 0 Å². The molecule has 0 bridgehead atoms. The molecule has 1 N–H and O–H groups in total. The smallest absolute Gasteiger partial charge is 0.463 e. The second kappa shape index (κ2) is 18.7. The molecule has 210 valence electrons. The second-order valence-corrected chi connectivity index (χ2v) is 13.0. The second-order valence-electron chi connectivity index (χ2n) is 11.5. The first kappa shape index (κ1) is 34.5. The number of esters is 1. The zero-order chi connectivity index (χ0) is 26.8. The lowest BCUT2D eigenvalue weighted by Gasteiger charge is -2.31. The molecule has 0 aromatic heterocycles. The van der Waals surface area contributed by atoms with Gasteiger partial charge in [-0.25, -0.2) is 4.57 Å². The van der Waals surface area contributed by atoms with Gasteiger partial charge in [-0.3, -0.25) is 18.4 Å². The number of hydrogen-bond donors (Lipinski definition) is 1. The summed E-state index contributed by atoms with van der Waals surface area (Å²) in [5, 5.41) is 10.1. The van der Waals surface area contributed by atoms with Gasteiger partial charge < -0.3 is 9.84 Å². The van der Waals surface area contributed by atoms with E-state index in [9.17, 15) is 14.5 Å². The number of carbonyl (C=O) groups excluding carboxylic acids is 1. The largest absolute Gasteiger partial charge is 0.475 e. The van der Waals surface area contributed by atoms with Crippen LogP contribution in [0.5, 0.6) is 0 Å². The summed E-state index contributed by atoms with van der Waals surface area (Å²) in [6, 6.07) is 0. The van der Waals surface area contributed by atoms with E-state index in [-0.39, 0.29) is 19.2 Å². The first-order valence-corrected chi connectivity index (χ1v) is 15.2. The molecule has 0 heterocycles. The summed E-state index contributed by atoms with van der Waals surface area (Å²) < 4.78 is 34.4. The molecular weight excluding hydrogens is 467 g/mol. The van der Waals surface area contributed by atoms with Crippen molar-refractivity contribution in [3.8, 4) is 0 Å². The molecule has 35 heavy (non-hydrogen) atoms. The molecule has 0 saturated carbocycles. The van der Waals surface area contributed by atoms with E-state index in [4.69, 9.17) is 18.3 Å². The molecule has 0 rings (SSSR count). The Labute approximate surface area is 215 Å². The van der Waals surface area contributed by atoms with Crippen LogP contribution in [0.25, 0.3) is 0 Å². The molecule has 0 aliphatic carbocycles. The van der Waals surface area contributed by atoms with Gasteiger partial charge in [0.05, 0.1) is 17.8 Å². The Hall–Kier alpha value is -0.460. The van der Waals surface area contributed by atoms with Crippen LogP contribution < -0.4 is 0 Å². The summed E-state index contributed by atoms with van der Waals surface area (Å²) in [6.45, 7) is 12.1. The fourth-order valence-corrected chi connectivity index (χ4v) is 5.35. The standard InChI is InChI=1S/C27H55O7P/c1-8-9-10-11-12-13-14-15-16-17-18-19-20-21-25(29)31-22-24(28)23-32-35(30,33-26(2,3)4)34-27(5,6)7/h24,28H,8-23H2,1-7H3/t24-/m1/s1. The van der Waals surface area contributed by atoms with Crippen LogP contribution >= 0.6 is 7.82 Å². The van der Waals surface area contributed by atoms with Crippen molar-refractivity contribution in [3.63, 3.8) is 0 Å². The fraction of sp³-hybridized carbons (Fsp3) is 0.963. The van der Waals surface area contributed by atoms with Crippen LogP contribution in [0, 0.1) is 0 Å². The predicted octanol–water partition coefficient (Wildman–Crippen LogP) is 8.13. The molecule has 0 aliphatic heterocycles. The summed E-state index contributed by atoms with van der Waals surface area (Å²) >= 11 is 0. The van der Waals surface area contributed by atoms with E-state index >= 15 is 0 Å². The lowest BCUT2D eigenvalue weighted by Crippen LogP contribution is -2.28. The molecule has 0 aliphatic rings. The highest BCUT2D eigenvalue weighted by molar-refractivity contribution is 7.48. The SMILES string of the molecule is CCCCCCCCCCCCCCCC(=O)OC[C@@H](O)COP(=O)(OC(C)(C)C)OC(C)(C)C. The summed E-state index contributed by atoms with van der Waals surface area (Å²) in [5.41, 5.74) is -1.52. The van der Waals surface area contributed by atoms with Gasteiger partial charge in [0.15, 0.2) is 0 Å². The molecule has 0 aromatic carbocycles. The number of hydrogen-bond acceptors (Lipinski definition) is 7. The van der Waals surface area contributed by atoms with Gasteiger partial charge in [-0.15, -0.1) is 0 Å². The molecule has 0 fully saturated rings. The third kappa shape index (κ3) is 23.7. The molecule has 1 atom stereocenters. The zero-order valence-electron chi connectivity index (χ0n) is 23.7. The van der Waals surface area contributed by atoms with Gasteiger partial charge in [0, 0.05) is 6.42 Å². The predicted molar refractivity (Wildman–Crippen MR) is 143 cm³/mol. The van der Waals surface area contributed by atoms with Crippen LogP contribution in [0.3, 0.4) is 0 Å². The van der Waals surface area contributed by atoms with E-state index in [1.807, 2.05) is 0 Å². The van der Waals surface area contributed by atoms with Crippen molar-refractivity contribution in [2.75, 3.05) is 13.2 Å². The molecule has 0 saturated heterocycles. The molecule has 0 spiro atoms. The van der Waals surface area contributed by atoms with Crippen molar-refractivity contribution < 1.29 is 32.8 Å². The Morgan fingerprint density at radius 1 is 0.714 bits per heavy atom. The topological polar surface area (TPSA) is 91.3 Å². The third-order valence-corrected chi connectivity index (χ3v) is 7.13. The van der Waals surface area contributed by atoms with Crippen molar-refractivity contribution in [2.24, 2.45) is 0 Å². The zero-order valence-corrected chi connectivity index (χ0v) is 24.6. The summed E-state index contributed by atoms with van der Waals surface area (Å²) in [4.78, 5) is 11.9. The Kier molecular flexibility index (Phi) is 18.5. The van der Waals surface area contributed by atoms with Crippen molar-refractivity contribution in [3.05, 3.63) is 0 Å². The van der Waals surface area contributed by atoms with Gasteiger partial charge >= 0.3 is 13.8 Å². The number of rotatable bonds is 21. The number of aliphatic hydroxyl groups is 1. The van der Waals surface area contributed by atoms with Crippen molar-refractivity contribution in [1.29, 1.82) is 0 Å². The average Bonchev–Trinajstić information content (AvgIpc) is 2.71. The maximum atomic E-state index is 13.0. The lowest BCUT2D eigenvalue weighted by atomic mass is 10.0. The highest BCUT2D eigenvalue weighted by Crippen LogP contribution is 2.55. The number of aliphatic hydroxyl groups excluding tert-OH is 1. The van der Waals surface area contributed by atoms with Gasteiger partial charge in [-0.1, -0.05) is 84.0 Å². The maximum Gasteiger partial charge on any atom is 0.475 e. The van der Waals surface area contributed by atoms with Crippen LogP contribution in [0.4, 0.5) is 0 Å². The monoisotopic (exact) mass is 522 g/mol. The van der Waals surface area contributed by atoms with Crippen molar-refractivity contribution >= 4 is 13.8 Å². The van der Waals surface area contributed by atoms with E-state index in [2.05, 4.69) is 6.92 Å². The number of ether oxygens (including phenoxy) is 1. The van der Waals surface area contributed by atoms with Gasteiger partial charge in [0.2, 0.25) is 0 Å². The minimum atomic E-state index is -3.91. The third-order valence-electron chi connectivity index (χ3n) is 5.12. The number of phosphoric ester groups is 1. The quantitative estimate of drug-likeness (QED) is 0.0924. The summed E-state index contributed by atoms with van der Waals surface area (Å²) in [7, 11) is -3.91.